The van der Waals surface area contributed by atoms with E-state index in [4.69, 9.17) is 18.7 Å². The second kappa shape index (κ2) is 15.8. The average molecular weight is 702 g/mol. The van der Waals surface area contributed by atoms with Crippen LogP contribution in [0, 0.1) is 0 Å². The smallest absolute Gasteiger partial charge is 0.410 e. The summed E-state index contributed by atoms with van der Waals surface area (Å²) in [4.78, 5) is 28.1. The van der Waals surface area contributed by atoms with Gasteiger partial charge in [-0.2, -0.15) is 0 Å². The Bertz CT molecular complexity index is 2010. The van der Waals surface area contributed by atoms with Crippen molar-refractivity contribution in [1.82, 2.24) is 15.4 Å². The Morgan fingerprint density at radius 2 is 1.52 bits per heavy atom. The molecule has 9 nitrogen and oxygen atoms in total. The summed E-state index contributed by atoms with van der Waals surface area (Å²) in [5.74, 6) is 1.13. The Morgan fingerprint density at radius 1 is 0.865 bits per heavy atom. The van der Waals surface area contributed by atoms with Crippen LogP contribution in [0.4, 0.5) is 4.79 Å². The summed E-state index contributed by atoms with van der Waals surface area (Å²) >= 11 is 0. The highest BCUT2D eigenvalue weighted by atomic mass is 16.6. The Balaban J connectivity index is 1.44. The summed E-state index contributed by atoms with van der Waals surface area (Å²) in [6, 6.07) is 30.0. The van der Waals surface area contributed by atoms with Gasteiger partial charge in [0.2, 0.25) is 5.76 Å². The third kappa shape index (κ3) is 8.48. The number of hydrogen-bond acceptors (Lipinski definition) is 7. The number of carbonyl (C=O) groups excluding carboxylic acids is 2. The summed E-state index contributed by atoms with van der Waals surface area (Å²) < 4.78 is 24.5. The van der Waals surface area contributed by atoms with Crippen LogP contribution >= 0.6 is 0 Å². The first-order chi connectivity index (χ1) is 25.0. The quantitative estimate of drug-likeness (QED) is 0.146. The highest BCUT2D eigenvalue weighted by molar-refractivity contribution is 6.02. The molecule has 0 saturated heterocycles. The zero-order valence-electron chi connectivity index (χ0n) is 30.8. The summed E-state index contributed by atoms with van der Waals surface area (Å²) in [5.41, 5.74) is 7.10. The van der Waals surface area contributed by atoms with Crippen LogP contribution in [-0.4, -0.2) is 40.7 Å². The molecule has 0 atom stereocenters. The maximum absolute atomic E-state index is 13.5. The van der Waals surface area contributed by atoms with Crippen molar-refractivity contribution in [1.29, 1.82) is 0 Å². The fraction of sp³-hybridized carbons (Fsp3) is 0.326. The molecule has 1 aromatic heterocycles. The van der Waals surface area contributed by atoms with Crippen LogP contribution in [0.2, 0.25) is 0 Å². The number of nitrogens with zero attached hydrogens (tertiary/aromatic N) is 2. The van der Waals surface area contributed by atoms with E-state index < -0.39 is 5.60 Å². The minimum Gasteiger partial charge on any atom is -0.488 e. The van der Waals surface area contributed by atoms with Gasteiger partial charge in [-0.25, -0.2) is 4.79 Å². The third-order valence-corrected chi connectivity index (χ3v) is 8.86. The summed E-state index contributed by atoms with van der Waals surface area (Å²) in [7, 11) is 0. The highest BCUT2D eigenvalue weighted by Gasteiger charge is 2.30. The van der Waals surface area contributed by atoms with Crippen LogP contribution in [0.15, 0.2) is 95.5 Å². The monoisotopic (exact) mass is 701 g/mol. The number of ether oxygens (including phenoxy) is 3. The molecule has 1 aliphatic rings. The van der Waals surface area contributed by atoms with Crippen LogP contribution in [0.1, 0.15) is 85.8 Å². The number of benzene rings is 4. The zero-order chi connectivity index (χ0) is 36.8. The van der Waals surface area contributed by atoms with E-state index in [1.807, 2.05) is 113 Å². The molecule has 270 valence electrons. The van der Waals surface area contributed by atoms with Gasteiger partial charge >= 0.3 is 6.09 Å². The van der Waals surface area contributed by atoms with Crippen molar-refractivity contribution in [2.24, 2.45) is 0 Å². The molecule has 6 rings (SSSR count). The number of nitrogens with one attached hydrogen (secondary N) is 1. The van der Waals surface area contributed by atoms with E-state index in [9.17, 15) is 9.59 Å². The number of hydrogen-bond donors (Lipinski definition) is 1. The van der Waals surface area contributed by atoms with E-state index >= 15 is 0 Å². The molecular weight excluding hydrogens is 654 g/mol. The van der Waals surface area contributed by atoms with Gasteiger partial charge in [-0.15, -0.1) is 0 Å². The van der Waals surface area contributed by atoms with Crippen LogP contribution in [-0.2, 0) is 30.9 Å². The Kier molecular flexibility index (Phi) is 11.0. The highest BCUT2D eigenvalue weighted by Crippen LogP contribution is 2.44. The van der Waals surface area contributed by atoms with Crippen LogP contribution in [0.5, 0.6) is 11.5 Å². The predicted molar refractivity (Wildman–Crippen MR) is 201 cm³/mol. The van der Waals surface area contributed by atoms with Gasteiger partial charge < -0.3 is 29.0 Å². The van der Waals surface area contributed by atoms with E-state index in [1.165, 1.54) is 0 Å². The third-order valence-electron chi connectivity index (χ3n) is 8.86. The van der Waals surface area contributed by atoms with Gasteiger partial charge in [0.05, 0.1) is 5.56 Å². The molecule has 9 heteroatoms. The molecule has 2 heterocycles. The van der Waals surface area contributed by atoms with E-state index in [-0.39, 0.29) is 23.7 Å². The standard InChI is InChI=1S/C43H47N3O6/c1-7-44-41(47)40-38(32-18-19-33-25-46(21-20-31(33)22-32)42(48)51-43(4,5)6)39(45-52-40)35-23-34(28(2)3)36(49-26-29-14-10-8-11-15-29)24-37(35)50-27-30-16-12-9-13-17-30/h8-19,22-24,28H,7,20-21,25-27H2,1-6H3,(H,44,47). The second-order valence-corrected chi connectivity index (χ2v) is 14.3. The van der Waals surface area contributed by atoms with Crippen molar-refractivity contribution in [3.63, 3.8) is 0 Å². The van der Waals surface area contributed by atoms with Crippen molar-refractivity contribution in [2.75, 3.05) is 13.1 Å². The SMILES string of the molecule is CCNC(=O)c1onc(-c2cc(C(C)C)c(OCc3ccccc3)cc2OCc2ccccc2)c1-c1ccc2c(c1)CCN(C(=O)OC(C)(C)C)C2. The number of aromatic nitrogens is 1. The van der Waals surface area contributed by atoms with Crippen molar-refractivity contribution < 1.29 is 28.3 Å². The molecule has 1 aliphatic heterocycles. The molecule has 52 heavy (non-hydrogen) atoms. The Morgan fingerprint density at radius 3 is 2.13 bits per heavy atom. The first-order valence-electron chi connectivity index (χ1n) is 17.9. The first kappa shape index (κ1) is 36.2. The van der Waals surface area contributed by atoms with Gasteiger partial charge in [-0.3, -0.25) is 4.79 Å². The van der Waals surface area contributed by atoms with Gasteiger partial charge in [-0.1, -0.05) is 97.9 Å². The topological polar surface area (TPSA) is 103 Å². The molecule has 0 aliphatic carbocycles. The summed E-state index contributed by atoms with van der Waals surface area (Å²) in [5, 5.41) is 7.45. The van der Waals surface area contributed by atoms with Gasteiger partial charge in [0.25, 0.3) is 5.91 Å². The molecular formula is C43H47N3O6. The molecule has 0 radical (unpaired) electrons. The van der Waals surface area contributed by atoms with Crippen LogP contribution < -0.4 is 14.8 Å². The Hall–Kier alpha value is -5.57. The number of carbonyl (C=O) groups is 2. The lowest BCUT2D eigenvalue weighted by Crippen LogP contribution is -2.39. The van der Waals surface area contributed by atoms with Crippen LogP contribution in [0.25, 0.3) is 22.4 Å². The predicted octanol–water partition coefficient (Wildman–Crippen LogP) is 9.33. The van der Waals surface area contributed by atoms with Gasteiger partial charge in [0.1, 0.15) is 36.0 Å². The molecule has 0 spiro atoms. The number of rotatable bonds is 11. The van der Waals surface area contributed by atoms with Gasteiger partial charge in [-0.05, 0) is 79.5 Å². The van der Waals surface area contributed by atoms with Crippen molar-refractivity contribution in [3.8, 4) is 33.9 Å². The largest absolute Gasteiger partial charge is 0.488 e. The molecule has 0 bridgehead atoms. The normalized spacial score (nSPS) is 12.7. The number of amides is 2. The maximum Gasteiger partial charge on any atom is 0.410 e. The first-order valence-corrected chi connectivity index (χ1v) is 17.9. The molecule has 0 saturated carbocycles. The van der Waals surface area contributed by atoms with E-state index in [1.54, 1.807) is 4.90 Å². The molecule has 4 aromatic carbocycles. The summed E-state index contributed by atoms with van der Waals surface area (Å²) in [6.07, 6.45) is 0.304. The number of fused-ring (bicyclic) bond motifs is 1. The average Bonchev–Trinajstić information content (AvgIpc) is 3.58. The lowest BCUT2D eigenvalue weighted by molar-refractivity contribution is 0.0224. The van der Waals surface area contributed by atoms with E-state index in [2.05, 4.69) is 30.4 Å². The zero-order valence-corrected chi connectivity index (χ0v) is 30.8. The lowest BCUT2D eigenvalue weighted by atomic mass is 9.91. The van der Waals surface area contributed by atoms with E-state index in [0.717, 1.165) is 33.4 Å². The fourth-order valence-corrected chi connectivity index (χ4v) is 6.26. The van der Waals surface area contributed by atoms with Crippen molar-refractivity contribution >= 4 is 12.0 Å². The lowest BCUT2D eigenvalue weighted by Gasteiger charge is -2.31. The molecule has 2 amide bonds. The van der Waals surface area contributed by atoms with Crippen molar-refractivity contribution in [2.45, 2.75) is 79.2 Å². The van der Waals surface area contributed by atoms with Crippen LogP contribution in [0.3, 0.4) is 0 Å². The summed E-state index contributed by atoms with van der Waals surface area (Å²) in [6.45, 7) is 13.8. The maximum atomic E-state index is 13.5. The van der Waals surface area contributed by atoms with Crippen molar-refractivity contribution in [3.05, 3.63) is 125 Å². The molecule has 0 fully saturated rings. The van der Waals surface area contributed by atoms with E-state index in [0.29, 0.717) is 67.6 Å². The molecule has 5 aromatic rings. The van der Waals surface area contributed by atoms with Gasteiger partial charge in [0.15, 0.2) is 0 Å². The fourth-order valence-electron chi connectivity index (χ4n) is 6.26. The molecule has 1 N–H and O–H groups in total. The minimum atomic E-state index is -0.577. The van der Waals surface area contributed by atoms with Gasteiger partial charge in [0, 0.05) is 31.3 Å². The Labute approximate surface area is 305 Å². The molecule has 0 unspecified atom stereocenters. The second-order valence-electron chi connectivity index (χ2n) is 14.3. The minimum absolute atomic E-state index is 0.0996.